The first-order valence-electron chi connectivity index (χ1n) is 10.1. The molecular formula is C23H31N3O5. The molecule has 2 aromatic rings. The van der Waals surface area contributed by atoms with Crippen LogP contribution in [0.2, 0.25) is 0 Å². The maximum atomic E-state index is 12.8. The monoisotopic (exact) mass is 429 g/mol. The molecule has 0 spiro atoms. The molecule has 0 saturated heterocycles. The third-order valence-electron chi connectivity index (χ3n) is 4.58. The molecule has 2 N–H and O–H groups in total. The van der Waals surface area contributed by atoms with Crippen molar-refractivity contribution in [2.24, 2.45) is 0 Å². The number of hydrogen-bond donors (Lipinski definition) is 2. The average molecular weight is 430 g/mol. The predicted molar refractivity (Wildman–Crippen MR) is 119 cm³/mol. The van der Waals surface area contributed by atoms with Crippen molar-refractivity contribution in [1.82, 2.24) is 10.3 Å². The van der Waals surface area contributed by atoms with E-state index < -0.39 is 17.2 Å². The van der Waals surface area contributed by atoms with Crippen molar-refractivity contribution in [1.29, 1.82) is 0 Å². The summed E-state index contributed by atoms with van der Waals surface area (Å²) >= 11 is 0. The number of rotatable bonds is 7. The van der Waals surface area contributed by atoms with Gasteiger partial charge in [-0.2, -0.15) is 0 Å². The van der Waals surface area contributed by atoms with E-state index in [1.165, 1.54) is 6.20 Å². The number of alkyl carbamates (subject to hydrolysis) is 1. The molecule has 0 fully saturated rings. The van der Waals surface area contributed by atoms with Gasteiger partial charge in [-0.1, -0.05) is 13.0 Å². The quantitative estimate of drug-likeness (QED) is 0.654. The van der Waals surface area contributed by atoms with Crippen LogP contribution in [0.5, 0.6) is 17.4 Å². The number of anilines is 1. The minimum atomic E-state index is -1.14. The van der Waals surface area contributed by atoms with Gasteiger partial charge in [-0.05, 0) is 58.7 Å². The van der Waals surface area contributed by atoms with E-state index >= 15 is 0 Å². The molecule has 1 heterocycles. The summed E-state index contributed by atoms with van der Waals surface area (Å²) in [6.07, 6.45) is 1.21. The summed E-state index contributed by atoms with van der Waals surface area (Å²) in [7, 11) is 1.60. The fourth-order valence-corrected chi connectivity index (χ4v) is 2.60. The van der Waals surface area contributed by atoms with Crippen LogP contribution < -0.4 is 20.1 Å². The first-order chi connectivity index (χ1) is 14.5. The summed E-state index contributed by atoms with van der Waals surface area (Å²) in [6, 6.07) is 8.82. The van der Waals surface area contributed by atoms with Gasteiger partial charge in [0.25, 0.3) is 0 Å². The van der Waals surface area contributed by atoms with Gasteiger partial charge in [-0.3, -0.25) is 4.79 Å². The minimum Gasteiger partial charge on any atom is -0.496 e. The van der Waals surface area contributed by atoms with Crippen molar-refractivity contribution in [2.45, 2.75) is 59.1 Å². The molecular weight excluding hydrogens is 398 g/mol. The highest BCUT2D eigenvalue weighted by Gasteiger charge is 2.34. The van der Waals surface area contributed by atoms with E-state index in [-0.39, 0.29) is 5.91 Å². The normalized spacial score (nSPS) is 13.0. The molecule has 168 valence electrons. The van der Waals surface area contributed by atoms with Crippen molar-refractivity contribution < 1.29 is 23.8 Å². The number of methoxy groups -OCH3 is 1. The number of carbonyl (C=O) groups is 2. The molecule has 2 rings (SSSR count). The van der Waals surface area contributed by atoms with Crippen LogP contribution >= 0.6 is 0 Å². The van der Waals surface area contributed by atoms with Crippen LogP contribution in [0.15, 0.2) is 36.5 Å². The molecule has 0 aliphatic carbocycles. The highest BCUT2D eigenvalue weighted by Crippen LogP contribution is 2.27. The number of hydrogen-bond acceptors (Lipinski definition) is 6. The third-order valence-corrected chi connectivity index (χ3v) is 4.58. The molecule has 0 saturated carbocycles. The van der Waals surface area contributed by atoms with Gasteiger partial charge in [0.2, 0.25) is 11.8 Å². The van der Waals surface area contributed by atoms with Crippen molar-refractivity contribution in [2.75, 3.05) is 12.4 Å². The van der Waals surface area contributed by atoms with Gasteiger partial charge in [0.05, 0.1) is 19.0 Å². The summed E-state index contributed by atoms with van der Waals surface area (Å²) in [5.74, 6) is 1.30. The molecule has 0 bridgehead atoms. The number of ether oxygens (including phenoxy) is 3. The van der Waals surface area contributed by atoms with E-state index in [2.05, 4.69) is 15.6 Å². The molecule has 0 radical (unpaired) electrons. The van der Waals surface area contributed by atoms with E-state index in [1.807, 2.05) is 26.0 Å². The van der Waals surface area contributed by atoms with Crippen molar-refractivity contribution in [3.05, 3.63) is 42.1 Å². The number of benzene rings is 1. The Morgan fingerprint density at radius 1 is 1.10 bits per heavy atom. The van der Waals surface area contributed by atoms with Gasteiger partial charge in [-0.25, -0.2) is 9.78 Å². The van der Waals surface area contributed by atoms with Crippen LogP contribution in [0.25, 0.3) is 0 Å². The Balaban J connectivity index is 2.03. The largest absolute Gasteiger partial charge is 0.496 e. The summed E-state index contributed by atoms with van der Waals surface area (Å²) < 4.78 is 16.3. The average Bonchev–Trinajstić information content (AvgIpc) is 2.69. The van der Waals surface area contributed by atoms with E-state index in [9.17, 15) is 9.59 Å². The Labute approximate surface area is 183 Å². The predicted octanol–water partition coefficient (Wildman–Crippen LogP) is 4.82. The van der Waals surface area contributed by atoms with Gasteiger partial charge in [0.15, 0.2) is 0 Å². The Hall–Kier alpha value is -3.29. The SMILES string of the molecule is CCC(C)(NC(=O)OC(C)(C)C)C(=O)Nc1ccc(Oc2ccc(C)c(OC)c2)nc1. The maximum absolute atomic E-state index is 12.8. The first kappa shape index (κ1) is 24.0. The highest BCUT2D eigenvalue weighted by molar-refractivity contribution is 5.99. The molecule has 0 aliphatic heterocycles. The first-order valence-corrected chi connectivity index (χ1v) is 10.1. The molecule has 1 aromatic carbocycles. The summed E-state index contributed by atoms with van der Waals surface area (Å²) in [5.41, 5.74) is -0.323. The standard InChI is InChI=1S/C23H31N3O5/c1-8-23(6,26-21(28)31-22(3,4)5)20(27)25-16-10-12-19(24-14-16)30-17-11-9-15(2)18(13-17)29-7/h9-14H,8H2,1-7H3,(H,25,27)(H,26,28). The summed E-state index contributed by atoms with van der Waals surface area (Å²) in [6.45, 7) is 10.7. The summed E-state index contributed by atoms with van der Waals surface area (Å²) in [5, 5.41) is 5.42. The Morgan fingerprint density at radius 3 is 2.35 bits per heavy atom. The maximum Gasteiger partial charge on any atom is 0.408 e. The van der Waals surface area contributed by atoms with Crippen LogP contribution in [0.3, 0.4) is 0 Å². The lowest BCUT2D eigenvalue weighted by molar-refractivity contribution is -0.122. The number of aryl methyl sites for hydroxylation is 1. The van der Waals surface area contributed by atoms with Crippen molar-refractivity contribution in [3.63, 3.8) is 0 Å². The van der Waals surface area contributed by atoms with E-state index in [4.69, 9.17) is 14.2 Å². The zero-order chi connectivity index (χ0) is 23.2. The van der Waals surface area contributed by atoms with Crippen LogP contribution in [0.1, 0.15) is 46.6 Å². The highest BCUT2D eigenvalue weighted by atomic mass is 16.6. The van der Waals surface area contributed by atoms with Crippen LogP contribution in [-0.2, 0) is 9.53 Å². The molecule has 8 heteroatoms. The second-order valence-corrected chi connectivity index (χ2v) is 8.39. The Kier molecular flexibility index (Phi) is 7.49. The molecule has 0 aliphatic rings. The summed E-state index contributed by atoms with van der Waals surface area (Å²) in [4.78, 5) is 29.1. The van der Waals surface area contributed by atoms with Crippen molar-refractivity contribution >= 4 is 17.7 Å². The molecule has 31 heavy (non-hydrogen) atoms. The molecule has 1 atom stereocenters. The zero-order valence-electron chi connectivity index (χ0n) is 19.2. The van der Waals surface area contributed by atoms with Crippen molar-refractivity contribution in [3.8, 4) is 17.4 Å². The van der Waals surface area contributed by atoms with Crippen LogP contribution in [0, 0.1) is 6.92 Å². The van der Waals surface area contributed by atoms with Crippen LogP contribution in [0.4, 0.5) is 10.5 Å². The third kappa shape index (κ3) is 6.87. The molecule has 1 aromatic heterocycles. The Bertz CT molecular complexity index is 922. The number of amides is 2. The van der Waals surface area contributed by atoms with Gasteiger partial charge in [-0.15, -0.1) is 0 Å². The second kappa shape index (κ2) is 9.68. The number of nitrogens with one attached hydrogen (secondary N) is 2. The van der Waals surface area contributed by atoms with E-state index in [0.29, 0.717) is 23.7 Å². The van der Waals surface area contributed by atoms with Crippen LogP contribution in [-0.4, -0.2) is 35.2 Å². The molecule has 8 nitrogen and oxygen atoms in total. The van der Waals surface area contributed by atoms with Gasteiger partial charge >= 0.3 is 6.09 Å². The lowest BCUT2D eigenvalue weighted by Crippen LogP contribution is -2.55. The number of nitrogens with zero attached hydrogens (tertiary/aromatic N) is 1. The van der Waals surface area contributed by atoms with E-state index in [1.54, 1.807) is 53.0 Å². The topological polar surface area (TPSA) is 98.8 Å². The second-order valence-electron chi connectivity index (χ2n) is 8.39. The lowest BCUT2D eigenvalue weighted by Gasteiger charge is -2.30. The zero-order valence-corrected chi connectivity index (χ0v) is 19.2. The minimum absolute atomic E-state index is 0.369. The van der Waals surface area contributed by atoms with Gasteiger partial charge in [0.1, 0.15) is 22.6 Å². The molecule has 2 amide bonds. The van der Waals surface area contributed by atoms with Gasteiger partial charge in [0, 0.05) is 12.1 Å². The fourth-order valence-electron chi connectivity index (χ4n) is 2.60. The van der Waals surface area contributed by atoms with Gasteiger partial charge < -0.3 is 24.8 Å². The number of carbonyl (C=O) groups excluding carboxylic acids is 2. The lowest BCUT2D eigenvalue weighted by atomic mass is 9.98. The fraction of sp³-hybridized carbons (Fsp3) is 0.435. The van der Waals surface area contributed by atoms with E-state index in [0.717, 1.165) is 11.3 Å². The Morgan fingerprint density at radius 2 is 1.81 bits per heavy atom. The number of pyridine rings is 1. The molecule has 1 unspecified atom stereocenters. The smallest absolute Gasteiger partial charge is 0.408 e. The number of aromatic nitrogens is 1.